The molecule has 0 spiro atoms. The van der Waals surface area contributed by atoms with Crippen LogP contribution in [0.4, 0.5) is 19.0 Å². The molecule has 0 fully saturated rings. The molecule has 108 valence electrons. The summed E-state index contributed by atoms with van der Waals surface area (Å²) in [6.07, 6.45) is -5.70. The van der Waals surface area contributed by atoms with Crippen molar-refractivity contribution in [3.05, 3.63) is 22.4 Å². The largest absolute Gasteiger partial charge is 0.415 e. The zero-order valence-corrected chi connectivity index (χ0v) is 10.0. The number of halogens is 3. The number of hydrogen-bond acceptors (Lipinski definition) is 5. The zero-order chi connectivity index (χ0) is 14.6. The summed E-state index contributed by atoms with van der Waals surface area (Å²) in [5.41, 5.74) is 0. The Hall–Kier alpha value is -1.68. The number of nitrogens with zero attached hydrogens (tertiary/aromatic N) is 4. The average Bonchev–Trinajstić information content (AvgIpc) is 2.73. The molecule has 19 heavy (non-hydrogen) atoms. The Morgan fingerprint density at radius 3 is 2.74 bits per heavy atom. The summed E-state index contributed by atoms with van der Waals surface area (Å²) < 4.78 is 37.5. The second kappa shape index (κ2) is 5.97. The SMILES string of the molecule is CN(CCn1ccc([N+](=O)[O-])n1)CC(O)C(F)(F)F. The summed E-state index contributed by atoms with van der Waals surface area (Å²) in [6, 6.07) is 1.20. The van der Waals surface area contributed by atoms with Gasteiger partial charge in [0, 0.05) is 13.1 Å². The fourth-order valence-corrected chi connectivity index (χ4v) is 1.34. The summed E-state index contributed by atoms with van der Waals surface area (Å²) in [7, 11) is 1.41. The maximum Gasteiger partial charge on any atom is 0.415 e. The third-order valence-electron chi connectivity index (χ3n) is 2.39. The Morgan fingerprint density at radius 1 is 1.63 bits per heavy atom. The standard InChI is InChI=1S/C9H13F3N4O3/c1-14(6-7(17)9(10,11)12)4-5-15-3-2-8(13-15)16(18)19/h2-3,7,17H,4-6H2,1H3. The molecule has 1 aromatic rings. The van der Waals surface area contributed by atoms with Gasteiger partial charge in [-0.25, -0.2) is 0 Å². The van der Waals surface area contributed by atoms with Crippen molar-refractivity contribution in [1.29, 1.82) is 0 Å². The second-order valence-corrected chi connectivity index (χ2v) is 4.01. The Balaban J connectivity index is 2.41. The lowest BCUT2D eigenvalue weighted by atomic mass is 10.3. The van der Waals surface area contributed by atoms with Gasteiger partial charge in [0.25, 0.3) is 0 Å². The van der Waals surface area contributed by atoms with Gasteiger partial charge in [-0.1, -0.05) is 0 Å². The molecule has 0 saturated carbocycles. The normalized spacial score (nSPS) is 13.8. The third-order valence-corrected chi connectivity index (χ3v) is 2.39. The molecule has 1 aromatic heterocycles. The molecule has 1 atom stereocenters. The average molecular weight is 282 g/mol. The first-order valence-corrected chi connectivity index (χ1v) is 5.31. The van der Waals surface area contributed by atoms with E-state index in [-0.39, 0.29) is 18.9 Å². The highest BCUT2D eigenvalue weighted by Gasteiger charge is 2.38. The van der Waals surface area contributed by atoms with Gasteiger partial charge in [-0.3, -0.25) is 0 Å². The number of aliphatic hydroxyl groups excluding tert-OH is 1. The summed E-state index contributed by atoms with van der Waals surface area (Å²) in [5.74, 6) is -0.321. The van der Waals surface area contributed by atoms with Crippen molar-refractivity contribution in [2.45, 2.75) is 18.8 Å². The minimum absolute atomic E-state index is 0.173. The molecule has 1 unspecified atom stereocenters. The highest BCUT2D eigenvalue weighted by molar-refractivity contribution is 5.13. The van der Waals surface area contributed by atoms with Crippen molar-refractivity contribution in [2.75, 3.05) is 20.1 Å². The van der Waals surface area contributed by atoms with Gasteiger partial charge in [-0.2, -0.15) is 17.9 Å². The lowest BCUT2D eigenvalue weighted by molar-refractivity contribution is -0.389. The molecule has 1 heterocycles. The Morgan fingerprint density at radius 2 is 2.26 bits per heavy atom. The highest BCUT2D eigenvalue weighted by atomic mass is 19.4. The van der Waals surface area contributed by atoms with Gasteiger partial charge in [0.05, 0.1) is 23.9 Å². The van der Waals surface area contributed by atoms with Crippen LogP contribution in [0, 0.1) is 10.1 Å². The Bertz CT molecular complexity index is 435. The van der Waals surface area contributed by atoms with Crippen LogP contribution >= 0.6 is 0 Å². The molecule has 10 heteroatoms. The van der Waals surface area contributed by atoms with Gasteiger partial charge < -0.3 is 20.1 Å². The Kier molecular flexibility index (Phi) is 4.84. The molecule has 0 aliphatic carbocycles. The van der Waals surface area contributed by atoms with E-state index >= 15 is 0 Å². The smallest absolute Gasteiger partial charge is 0.382 e. The van der Waals surface area contributed by atoms with Gasteiger partial charge in [0.1, 0.15) is 0 Å². The summed E-state index contributed by atoms with van der Waals surface area (Å²) in [6.45, 7) is -0.201. The van der Waals surface area contributed by atoms with Crippen LogP contribution < -0.4 is 0 Å². The Labute approximate surface area is 106 Å². The van der Waals surface area contributed by atoms with E-state index in [2.05, 4.69) is 5.10 Å². The molecule has 0 aliphatic rings. The van der Waals surface area contributed by atoms with Crippen LogP contribution in [0.1, 0.15) is 0 Å². The van der Waals surface area contributed by atoms with Crippen molar-refractivity contribution in [3.63, 3.8) is 0 Å². The van der Waals surface area contributed by atoms with E-state index in [1.807, 2.05) is 0 Å². The first kappa shape index (κ1) is 15.4. The van der Waals surface area contributed by atoms with E-state index in [0.29, 0.717) is 0 Å². The van der Waals surface area contributed by atoms with Gasteiger partial charge in [0.15, 0.2) is 6.10 Å². The monoisotopic (exact) mass is 282 g/mol. The topological polar surface area (TPSA) is 84.4 Å². The fraction of sp³-hybridized carbons (Fsp3) is 0.667. The van der Waals surface area contributed by atoms with Crippen LogP contribution in [0.5, 0.6) is 0 Å². The first-order chi connectivity index (χ1) is 8.70. The second-order valence-electron chi connectivity index (χ2n) is 4.01. The molecule has 0 bridgehead atoms. The highest BCUT2D eigenvalue weighted by Crippen LogP contribution is 2.20. The van der Waals surface area contributed by atoms with Crippen LogP contribution in [0.2, 0.25) is 0 Å². The molecule has 0 amide bonds. The number of nitro groups is 1. The van der Waals surface area contributed by atoms with Crippen LogP contribution in [0.3, 0.4) is 0 Å². The van der Waals surface area contributed by atoms with E-state index in [1.165, 1.54) is 28.9 Å². The number of aromatic nitrogens is 2. The van der Waals surface area contributed by atoms with Gasteiger partial charge in [-0.15, -0.1) is 0 Å². The van der Waals surface area contributed by atoms with Gasteiger partial charge in [0.2, 0.25) is 0 Å². The molecular formula is C9H13F3N4O3. The van der Waals surface area contributed by atoms with Crippen molar-refractivity contribution >= 4 is 5.82 Å². The zero-order valence-electron chi connectivity index (χ0n) is 10.0. The van der Waals surface area contributed by atoms with Gasteiger partial charge in [-0.05, 0) is 12.0 Å². The molecule has 0 aromatic carbocycles. The van der Waals surface area contributed by atoms with Crippen LogP contribution in [-0.4, -0.2) is 57.1 Å². The number of aliphatic hydroxyl groups is 1. The van der Waals surface area contributed by atoms with Crippen molar-refractivity contribution in [1.82, 2.24) is 14.7 Å². The van der Waals surface area contributed by atoms with Crippen molar-refractivity contribution < 1.29 is 23.2 Å². The predicted octanol–water partition coefficient (Wildman–Crippen LogP) is 0.646. The molecular weight excluding hydrogens is 269 g/mol. The summed E-state index contributed by atoms with van der Waals surface area (Å²) in [5, 5.41) is 22.8. The molecule has 0 aliphatic heterocycles. The summed E-state index contributed by atoms with van der Waals surface area (Å²) in [4.78, 5) is 11.0. The first-order valence-electron chi connectivity index (χ1n) is 5.31. The van der Waals surface area contributed by atoms with Crippen molar-refractivity contribution in [2.24, 2.45) is 0 Å². The number of rotatable bonds is 6. The quantitative estimate of drug-likeness (QED) is 0.611. The number of hydrogen-bond donors (Lipinski definition) is 1. The number of likely N-dealkylation sites (N-methyl/N-ethyl adjacent to an activating group) is 1. The molecule has 1 rings (SSSR count). The van der Waals surface area contributed by atoms with E-state index in [0.717, 1.165) is 0 Å². The van der Waals surface area contributed by atoms with Crippen LogP contribution in [-0.2, 0) is 6.54 Å². The number of alkyl halides is 3. The van der Waals surface area contributed by atoms with Gasteiger partial charge >= 0.3 is 12.0 Å². The molecule has 0 radical (unpaired) electrons. The molecule has 1 N–H and O–H groups in total. The van der Waals surface area contributed by atoms with E-state index in [9.17, 15) is 23.3 Å². The molecule has 0 saturated heterocycles. The van der Waals surface area contributed by atoms with Crippen molar-refractivity contribution in [3.8, 4) is 0 Å². The predicted molar refractivity (Wildman–Crippen MR) is 58.4 cm³/mol. The molecule has 7 nitrogen and oxygen atoms in total. The van der Waals surface area contributed by atoms with Crippen LogP contribution in [0.15, 0.2) is 12.3 Å². The lowest BCUT2D eigenvalue weighted by Gasteiger charge is -2.21. The van der Waals surface area contributed by atoms with Crippen LogP contribution in [0.25, 0.3) is 0 Å². The van der Waals surface area contributed by atoms with E-state index in [4.69, 9.17) is 5.11 Å². The fourth-order valence-electron chi connectivity index (χ4n) is 1.34. The maximum atomic E-state index is 12.1. The third kappa shape index (κ3) is 4.83. The lowest BCUT2D eigenvalue weighted by Crippen LogP contribution is -2.40. The van der Waals surface area contributed by atoms with E-state index in [1.54, 1.807) is 0 Å². The minimum atomic E-state index is -4.65. The summed E-state index contributed by atoms with van der Waals surface area (Å²) >= 11 is 0. The maximum absolute atomic E-state index is 12.1. The minimum Gasteiger partial charge on any atom is -0.382 e. The van der Waals surface area contributed by atoms with E-state index < -0.39 is 23.7 Å².